The zero-order valence-corrected chi connectivity index (χ0v) is 12.2. The van der Waals surface area contributed by atoms with Crippen molar-refractivity contribution in [1.29, 1.82) is 0 Å². The zero-order chi connectivity index (χ0) is 13.0. The number of aliphatic hydroxyl groups excluding tert-OH is 1. The van der Waals surface area contributed by atoms with Crippen molar-refractivity contribution in [2.45, 2.75) is 58.2 Å². The third-order valence-electron chi connectivity index (χ3n) is 4.18. The van der Waals surface area contributed by atoms with Crippen LogP contribution >= 0.6 is 0 Å². The highest BCUT2D eigenvalue weighted by Gasteiger charge is 2.36. The average molecular weight is 242 g/mol. The van der Waals surface area contributed by atoms with Gasteiger partial charge in [0.05, 0.1) is 6.10 Å². The van der Waals surface area contributed by atoms with Gasteiger partial charge in [0.15, 0.2) is 0 Å². The second-order valence-corrected chi connectivity index (χ2v) is 5.79. The van der Waals surface area contributed by atoms with Crippen molar-refractivity contribution in [1.82, 2.24) is 9.80 Å². The van der Waals surface area contributed by atoms with Crippen molar-refractivity contribution >= 4 is 0 Å². The van der Waals surface area contributed by atoms with Crippen molar-refractivity contribution in [3.8, 4) is 0 Å². The van der Waals surface area contributed by atoms with Crippen LogP contribution in [0.15, 0.2) is 0 Å². The molecule has 0 aliphatic carbocycles. The fraction of sp³-hybridized carbons (Fsp3) is 1.00. The molecule has 102 valence electrons. The Hall–Kier alpha value is -0.120. The van der Waals surface area contributed by atoms with Gasteiger partial charge in [-0.25, -0.2) is 0 Å². The topological polar surface area (TPSA) is 26.7 Å². The highest BCUT2D eigenvalue weighted by atomic mass is 16.3. The van der Waals surface area contributed by atoms with Gasteiger partial charge < -0.3 is 10.0 Å². The number of likely N-dealkylation sites (tertiary alicyclic amines) is 1. The van der Waals surface area contributed by atoms with Gasteiger partial charge in [0.1, 0.15) is 0 Å². The minimum Gasteiger partial charge on any atom is -0.391 e. The zero-order valence-electron chi connectivity index (χ0n) is 12.2. The number of likely N-dealkylation sites (N-methyl/N-ethyl adjacent to an activating group) is 1. The second-order valence-electron chi connectivity index (χ2n) is 5.79. The van der Waals surface area contributed by atoms with Crippen LogP contribution in [0.25, 0.3) is 0 Å². The van der Waals surface area contributed by atoms with Gasteiger partial charge in [-0.1, -0.05) is 27.2 Å². The molecule has 0 aromatic rings. The molecule has 1 N–H and O–H groups in total. The lowest BCUT2D eigenvalue weighted by molar-refractivity contribution is 0.0493. The molecule has 1 heterocycles. The van der Waals surface area contributed by atoms with E-state index in [0.717, 1.165) is 32.4 Å². The highest BCUT2D eigenvalue weighted by Crippen LogP contribution is 2.25. The van der Waals surface area contributed by atoms with E-state index < -0.39 is 0 Å². The van der Waals surface area contributed by atoms with E-state index in [0.29, 0.717) is 18.0 Å². The Balaban J connectivity index is 2.60. The summed E-state index contributed by atoms with van der Waals surface area (Å²) in [5, 5.41) is 10.2. The Morgan fingerprint density at radius 1 is 1.29 bits per heavy atom. The molecule has 17 heavy (non-hydrogen) atoms. The van der Waals surface area contributed by atoms with E-state index in [4.69, 9.17) is 0 Å². The Labute approximate surface area is 107 Å². The van der Waals surface area contributed by atoms with Crippen molar-refractivity contribution in [2.75, 3.05) is 27.2 Å². The molecule has 0 saturated carbocycles. The molecule has 3 heteroatoms. The molecular formula is C14H30N2O. The van der Waals surface area contributed by atoms with Crippen LogP contribution < -0.4 is 0 Å². The molecule has 4 atom stereocenters. The van der Waals surface area contributed by atoms with Gasteiger partial charge in [0.2, 0.25) is 0 Å². The van der Waals surface area contributed by atoms with Gasteiger partial charge in [0, 0.05) is 25.2 Å². The Morgan fingerprint density at radius 3 is 2.35 bits per heavy atom. The average Bonchev–Trinajstić information content (AvgIpc) is 2.62. The van der Waals surface area contributed by atoms with E-state index in [-0.39, 0.29) is 6.10 Å². The first-order valence-electron chi connectivity index (χ1n) is 7.09. The number of hydrogen-bond donors (Lipinski definition) is 1. The predicted octanol–water partition coefficient (Wildman–Crippen LogP) is 1.81. The quantitative estimate of drug-likeness (QED) is 0.769. The van der Waals surface area contributed by atoms with Crippen molar-refractivity contribution in [3.05, 3.63) is 0 Å². The van der Waals surface area contributed by atoms with Crippen LogP contribution in [0.4, 0.5) is 0 Å². The van der Waals surface area contributed by atoms with Crippen LogP contribution in [-0.2, 0) is 0 Å². The largest absolute Gasteiger partial charge is 0.391 e. The van der Waals surface area contributed by atoms with E-state index in [1.54, 1.807) is 0 Å². The van der Waals surface area contributed by atoms with Crippen LogP contribution in [-0.4, -0.2) is 60.3 Å². The summed E-state index contributed by atoms with van der Waals surface area (Å²) in [6.07, 6.45) is 2.89. The molecule has 0 aromatic carbocycles. The predicted molar refractivity (Wildman–Crippen MR) is 73.2 cm³/mol. The molecule has 1 aliphatic heterocycles. The van der Waals surface area contributed by atoms with Gasteiger partial charge in [0.25, 0.3) is 0 Å². The molecule has 1 rings (SSSR count). The molecule has 1 aliphatic rings. The van der Waals surface area contributed by atoms with E-state index in [2.05, 4.69) is 44.7 Å². The van der Waals surface area contributed by atoms with Gasteiger partial charge in [-0.3, -0.25) is 4.90 Å². The summed E-state index contributed by atoms with van der Waals surface area (Å²) >= 11 is 0. The van der Waals surface area contributed by atoms with E-state index in [1.807, 2.05) is 0 Å². The minimum absolute atomic E-state index is 0.155. The van der Waals surface area contributed by atoms with Crippen LogP contribution in [0.5, 0.6) is 0 Å². The summed E-state index contributed by atoms with van der Waals surface area (Å²) in [7, 11) is 4.32. The molecule has 3 nitrogen and oxygen atoms in total. The third kappa shape index (κ3) is 3.67. The van der Waals surface area contributed by atoms with Gasteiger partial charge >= 0.3 is 0 Å². The molecule has 0 spiro atoms. The van der Waals surface area contributed by atoms with Crippen LogP contribution in [0.1, 0.15) is 40.0 Å². The molecule has 0 radical (unpaired) electrons. The lowest BCUT2D eigenvalue weighted by Gasteiger charge is -2.31. The van der Waals surface area contributed by atoms with Crippen LogP contribution in [0, 0.1) is 5.92 Å². The van der Waals surface area contributed by atoms with Crippen molar-refractivity contribution in [3.63, 3.8) is 0 Å². The summed E-state index contributed by atoms with van der Waals surface area (Å²) in [4.78, 5) is 4.82. The minimum atomic E-state index is -0.155. The molecule has 0 bridgehead atoms. The fourth-order valence-corrected chi connectivity index (χ4v) is 3.19. The first-order valence-corrected chi connectivity index (χ1v) is 7.09. The fourth-order valence-electron chi connectivity index (χ4n) is 3.19. The SMILES string of the molecule is CCCC(O)C(CC)N1CC(C)C(N(C)C)C1. The summed E-state index contributed by atoms with van der Waals surface area (Å²) in [6.45, 7) is 8.89. The maximum atomic E-state index is 10.2. The molecule has 1 saturated heterocycles. The van der Waals surface area contributed by atoms with E-state index >= 15 is 0 Å². The number of hydrogen-bond acceptors (Lipinski definition) is 3. The van der Waals surface area contributed by atoms with E-state index in [1.165, 1.54) is 0 Å². The third-order valence-corrected chi connectivity index (χ3v) is 4.18. The number of rotatable bonds is 6. The van der Waals surface area contributed by atoms with Crippen LogP contribution in [0.2, 0.25) is 0 Å². The first-order chi connectivity index (χ1) is 8.01. The van der Waals surface area contributed by atoms with Gasteiger partial charge in [-0.15, -0.1) is 0 Å². The van der Waals surface area contributed by atoms with Crippen molar-refractivity contribution in [2.24, 2.45) is 5.92 Å². The molecule has 4 unspecified atom stereocenters. The Bertz CT molecular complexity index is 220. The maximum Gasteiger partial charge on any atom is 0.0695 e. The lowest BCUT2D eigenvalue weighted by Crippen LogP contribution is -2.43. The molecular weight excluding hydrogens is 212 g/mol. The van der Waals surface area contributed by atoms with E-state index in [9.17, 15) is 5.11 Å². The summed E-state index contributed by atoms with van der Waals surface area (Å²) in [6, 6.07) is 0.986. The number of aliphatic hydroxyl groups is 1. The molecule has 0 amide bonds. The second kappa shape index (κ2) is 6.72. The van der Waals surface area contributed by atoms with Gasteiger partial charge in [-0.2, -0.15) is 0 Å². The van der Waals surface area contributed by atoms with Crippen molar-refractivity contribution < 1.29 is 5.11 Å². The summed E-state index contributed by atoms with van der Waals surface area (Å²) in [5.74, 6) is 0.702. The Morgan fingerprint density at radius 2 is 1.94 bits per heavy atom. The Kier molecular flexibility index (Phi) is 5.90. The standard InChI is InChI=1S/C14H30N2O/c1-6-8-14(17)12(7-2)16-9-11(3)13(10-16)15(4)5/h11-14,17H,6-10H2,1-5H3. The molecule has 1 fully saturated rings. The maximum absolute atomic E-state index is 10.2. The van der Waals surface area contributed by atoms with Gasteiger partial charge in [-0.05, 0) is 32.9 Å². The smallest absolute Gasteiger partial charge is 0.0695 e. The first kappa shape index (κ1) is 14.9. The summed E-state index contributed by atoms with van der Waals surface area (Å²) < 4.78 is 0. The monoisotopic (exact) mass is 242 g/mol. The lowest BCUT2D eigenvalue weighted by atomic mass is 10.0. The normalized spacial score (nSPS) is 29.8. The highest BCUT2D eigenvalue weighted by molar-refractivity contribution is 4.91. The molecule has 0 aromatic heterocycles. The summed E-state index contributed by atoms with van der Waals surface area (Å²) in [5.41, 5.74) is 0. The number of nitrogens with zero attached hydrogens (tertiary/aromatic N) is 2. The van der Waals surface area contributed by atoms with Crippen LogP contribution in [0.3, 0.4) is 0 Å².